The summed E-state index contributed by atoms with van der Waals surface area (Å²) in [7, 11) is 0. The van der Waals surface area contributed by atoms with Crippen molar-refractivity contribution in [2.75, 3.05) is 0 Å². The van der Waals surface area contributed by atoms with Crippen LogP contribution in [0.2, 0.25) is 0 Å². The van der Waals surface area contributed by atoms with Gasteiger partial charge in [-0.2, -0.15) is 0 Å². The maximum atomic E-state index is 12.6. The van der Waals surface area contributed by atoms with Gasteiger partial charge in [-0.05, 0) is 33.4 Å². The Balaban J connectivity index is 0.000000219. The summed E-state index contributed by atoms with van der Waals surface area (Å²) >= 11 is 5.53. The number of carbonyl (C=O) groups excluding carboxylic acids is 3. The van der Waals surface area contributed by atoms with Gasteiger partial charge in [-0.3, -0.25) is 0 Å². The Hall–Kier alpha value is -6.22. The first-order chi connectivity index (χ1) is 27.4. The average Bonchev–Trinajstić information content (AvgIpc) is 3.26. The molecule has 0 heterocycles. The van der Waals surface area contributed by atoms with E-state index in [0.717, 1.165) is 27.8 Å². The second-order valence-corrected chi connectivity index (χ2v) is 12.6. The molecular weight excluding hydrogens is 728 g/mol. The number of aliphatic hydroxyl groups excluding tert-OH is 1. The van der Waals surface area contributed by atoms with Crippen LogP contribution in [0.25, 0.3) is 0 Å². The van der Waals surface area contributed by atoms with E-state index < -0.39 is 30.3 Å². The summed E-state index contributed by atoms with van der Waals surface area (Å²) in [6.07, 6.45) is -2.65. The SMILES string of the molecule is ClCc1ccccc1.O=C(OCc1ccccc1)O[C@@H](Cc1ccccc1)C(=O)OCc1ccccc1.O=C(OCc1ccccc1)[C@@H](O)Cc1ccccc1. The van der Waals surface area contributed by atoms with Gasteiger partial charge >= 0.3 is 18.1 Å². The first-order valence-corrected chi connectivity index (χ1v) is 18.6. The van der Waals surface area contributed by atoms with Gasteiger partial charge in [0.15, 0.2) is 6.10 Å². The van der Waals surface area contributed by atoms with Gasteiger partial charge in [0.1, 0.15) is 19.8 Å². The fourth-order valence-electron chi connectivity index (χ4n) is 5.00. The number of hydrogen-bond donors (Lipinski definition) is 1. The molecule has 2 atom stereocenters. The molecule has 0 saturated heterocycles. The Labute approximate surface area is 333 Å². The smallest absolute Gasteiger partial charge is 0.459 e. The van der Waals surface area contributed by atoms with E-state index in [1.54, 1.807) is 0 Å². The number of halogens is 1. The average molecular weight is 773 g/mol. The second kappa shape index (κ2) is 25.0. The molecule has 0 fully saturated rings. The van der Waals surface area contributed by atoms with Crippen LogP contribution in [0.3, 0.4) is 0 Å². The van der Waals surface area contributed by atoms with Crippen LogP contribution >= 0.6 is 11.6 Å². The van der Waals surface area contributed by atoms with E-state index in [1.807, 2.05) is 182 Å². The van der Waals surface area contributed by atoms with E-state index in [0.29, 0.717) is 5.88 Å². The van der Waals surface area contributed by atoms with Gasteiger partial charge in [0.25, 0.3) is 0 Å². The number of rotatable bonds is 14. The third-order valence-electron chi connectivity index (χ3n) is 7.95. The van der Waals surface area contributed by atoms with Gasteiger partial charge in [-0.1, -0.05) is 182 Å². The molecule has 0 unspecified atom stereocenters. The lowest BCUT2D eigenvalue weighted by molar-refractivity contribution is -0.156. The molecule has 6 aromatic carbocycles. The number of benzene rings is 6. The number of hydrogen-bond acceptors (Lipinski definition) is 8. The number of aliphatic hydroxyl groups is 1. The molecule has 1 N–H and O–H groups in total. The Morgan fingerprint density at radius 2 is 0.750 bits per heavy atom. The van der Waals surface area contributed by atoms with Crippen molar-refractivity contribution in [2.24, 2.45) is 0 Å². The normalized spacial score (nSPS) is 11.2. The Kier molecular flexibility index (Phi) is 19.0. The number of alkyl halides is 1. The van der Waals surface area contributed by atoms with Crippen molar-refractivity contribution in [1.82, 2.24) is 0 Å². The summed E-state index contributed by atoms with van der Waals surface area (Å²) in [5.74, 6) is -0.594. The minimum atomic E-state index is -1.12. The van der Waals surface area contributed by atoms with Gasteiger partial charge in [-0.15, -0.1) is 11.6 Å². The van der Waals surface area contributed by atoms with E-state index in [2.05, 4.69) is 0 Å². The highest BCUT2D eigenvalue weighted by atomic mass is 35.5. The van der Waals surface area contributed by atoms with Gasteiger partial charge in [0.2, 0.25) is 6.10 Å². The highest BCUT2D eigenvalue weighted by Gasteiger charge is 2.26. The third-order valence-corrected chi connectivity index (χ3v) is 8.26. The predicted octanol–water partition coefficient (Wildman–Crippen LogP) is 9.45. The molecule has 0 aliphatic rings. The molecule has 6 aromatic rings. The number of esters is 2. The summed E-state index contributed by atoms with van der Waals surface area (Å²) in [6.45, 7) is 0.357. The minimum Gasteiger partial charge on any atom is -0.459 e. The Bertz CT molecular complexity index is 1960. The monoisotopic (exact) mass is 772 g/mol. The number of ether oxygens (including phenoxy) is 4. The van der Waals surface area contributed by atoms with Crippen LogP contribution in [-0.2, 0) is 67.1 Å². The van der Waals surface area contributed by atoms with E-state index >= 15 is 0 Å². The molecular formula is C47H45ClO8. The van der Waals surface area contributed by atoms with Crippen molar-refractivity contribution >= 4 is 29.7 Å². The molecule has 9 heteroatoms. The molecule has 0 amide bonds. The maximum absolute atomic E-state index is 12.6. The fraction of sp³-hybridized carbons (Fsp3) is 0.170. The van der Waals surface area contributed by atoms with Gasteiger partial charge in [0, 0.05) is 18.7 Å². The molecule has 56 heavy (non-hydrogen) atoms. The molecule has 0 aliphatic heterocycles. The van der Waals surface area contributed by atoms with E-state index in [-0.39, 0.29) is 32.7 Å². The van der Waals surface area contributed by atoms with Crippen molar-refractivity contribution < 1.29 is 38.4 Å². The molecule has 0 saturated carbocycles. The van der Waals surface area contributed by atoms with Crippen LogP contribution in [0.5, 0.6) is 0 Å². The molecule has 0 aliphatic carbocycles. The van der Waals surface area contributed by atoms with Crippen LogP contribution in [-0.4, -0.2) is 35.4 Å². The van der Waals surface area contributed by atoms with Crippen molar-refractivity contribution in [2.45, 2.75) is 50.8 Å². The Morgan fingerprint density at radius 1 is 0.429 bits per heavy atom. The zero-order valence-corrected chi connectivity index (χ0v) is 31.7. The molecule has 0 radical (unpaired) electrons. The third kappa shape index (κ3) is 16.8. The van der Waals surface area contributed by atoms with Gasteiger partial charge in [0.05, 0.1) is 0 Å². The maximum Gasteiger partial charge on any atom is 0.509 e. The lowest BCUT2D eigenvalue weighted by atomic mass is 10.1. The standard InChI is InChI=1S/C24H22O5.C16H16O3.C7H7Cl/c25-23(27-17-20-12-6-2-7-13-20)22(16-19-10-4-1-5-11-19)29-24(26)28-18-21-14-8-3-9-15-21;17-15(11-13-7-3-1-4-8-13)16(18)19-12-14-9-5-2-6-10-14;8-6-7-4-2-1-3-5-7/h1-15,22H,16-18H2;1-10,15,17H,11-12H2;1-5H,6H2/t22-;15-;/m00./s1. The summed E-state index contributed by atoms with van der Waals surface area (Å²) in [4.78, 5) is 36.4. The summed E-state index contributed by atoms with van der Waals surface area (Å²) < 4.78 is 20.9. The van der Waals surface area contributed by atoms with Crippen LogP contribution in [0, 0.1) is 0 Å². The summed E-state index contributed by atoms with van der Waals surface area (Å²) in [5, 5.41) is 9.77. The zero-order valence-electron chi connectivity index (χ0n) is 30.9. The van der Waals surface area contributed by atoms with Crippen molar-refractivity contribution in [3.8, 4) is 0 Å². The fourth-order valence-corrected chi connectivity index (χ4v) is 5.18. The first-order valence-electron chi connectivity index (χ1n) is 18.0. The van der Waals surface area contributed by atoms with E-state index in [9.17, 15) is 19.5 Å². The lowest BCUT2D eigenvalue weighted by Crippen LogP contribution is -2.31. The predicted molar refractivity (Wildman–Crippen MR) is 216 cm³/mol. The first kappa shape index (κ1) is 42.5. The van der Waals surface area contributed by atoms with Gasteiger partial charge < -0.3 is 24.1 Å². The number of carbonyl (C=O) groups is 3. The molecule has 0 aromatic heterocycles. The molecule has 6 rings (SSSR count). The van der Waals surface area contributed by atoms with E-state index in [4.69, 9.17) is 30.5 Å². The second-order valence-electron chi connectivity index (χ2n) is 12.3. The van der Waals surface area contributed by atoms with Crippen LogP contribution < -0.4 is 0 Å². The molecule has 8 nitrogen and oxygen atoms in total. The molecule has 0 spiro atoms. The van der Waals surface area contributed by atoms with Gasteiger partial charge in [-0.25, -0.2) is 14.4 Å². The molecule has 288 valence electrons. The largest absolute Gasteiger partial charge is 0.509 e. The van der Waals surface area contributed by atoms with Crippen molar-refractivity contribution in [1.29, 1.82) is 0 Å². The van der Waals surface area contributed by atoms with Crippen molar-refractivity contribution in [3.05, 3.63) is 215 Å². The lowest BCUT2D eigenvalue weighted by Gasteiger charge is -2.17. The summed E-state index contributed by atoms with van der Waals surface area (Å²) in [5.41, 5.74) is 5.52. The zero-order chi connectivity index (χ0) is 39.6. The molecule has 0 bridgehead atoms. The minimum absolute atomic E-state index is 0.0663. The topological polar surface area (TPSA) is 108 Å². The van der Waals surface area contributed by atoms with Crippen LogP contribution in [0.15, 0.2) is 182 Å². The van der Waals surface area contributed by atoms with Crippen molar-refractivity contribution in [3.63, 3.8) is 0 Å². The summed E-state index contributed by atoms with van der Waals surface area (Å²) in [6, 6.07) is 56.6. The quantitative estimate of drug-likeness (QED) is 0.0663. The van der Waals surface area contributed by atoms with E-state index in [1.165, 1.54) is 5.56 Å². The highest BCUT2D eigenvalue weighted by molar-refractivity contribution is 6.17. The van der Waals surface area contributed by atoms with Crippen LogP contribution in [0.1, 0.15) is 33.4 Å². The Morgan fingerprint density at radius 3 is 1.12 bits per heavy atom. The van der Waals surface area contributed by atoms with Crippen LogP contribution in [0.4, 0.5) is 4.79 Å². The highest BCUT2D eigenvalue weighted by Crippen LogP contribution is 2.12.